The molecular weight excluding hydrogens is 256 g/mol. The number of non-ortho nitro benzene ring substituents is 1. The maximum absolute atomic E-state index is 10.9. The molecule has 0 atom stereocenters. The van der Waals surface area contributed by atoms with Gasteiger partial charge in [-0.05, 0) is 26.3 Å². The molecule has 0 bridgehead atoms. The van der Waals surface area contributed by atoms with Crippen molar-refractivity contribution in [3.05, 3.63) is 34.6 Å². The highest BCUT2D eigenvalue weighted by molar-refractivity contribution is 5.90. The fourth-order valence-corrected chi connectivity index (χ4v) is 2.27. The van der Waals surface area contributed by atoms with E-state index >= 15 is 0 Å². The number of nitrogens with zero attached hydrogens (tertiary/aromatic N) is 3. The minimum absolute atomic E-state index is 0.0450. The van der Waals surface area contributed by atoms with E-state index in [1.165, 1.54) is 18.5 Å². The van der Waals surface area contributed by atoms with Crippen LogP contribution in [0.25, 0.3) is 10.9 Å². The van der Waals surface area contributed by atoms with Crippen molar-refractivity contribution < 1.29 is 4.92 Å². The first-order valence-electron chi connectivity index (χ1n) is 6.60. The van der Waals surface area contributed by atoms with Gasteiger partial charge in [-0.3, -0.25) is 10.1 Å². The molecule has 0 saturated carbocycles. The first kappa shape index (κ1) is 14.2. The fourth-order valence-electron chi connectivity index (χ4n) is 2.27. The lowest BCUT2D eigenvalue weighted by Crippen LogP contribution is -2.31. The summed E-state index contributed by atoms with van der Waals surface area (Å²) < 4.78 is 0. The molecule has 106 valence electrons. The van der Waals surface area contributed by atoms with E-state index in [0.717, 1.165) is 12.8 Å². The van der Waals surface area contributed by atoms with Crippen molar-refractivity contribution >= 4 is 22.4 Å². The molecule has 20 heavy (non-hydrogen) atoms. The Labute approximate surface area is 117 Å². The molecular formula is C14H18N4O2. The van der Waals surface area contributed by atoms with Crippen molar-refractivity contribution in [3.63, 3.8) is 0 Å². The fraction of sp³-hybridized carbons (Fsp3) is 0.429. The van der Waals surface area contributed by atoms with Gasteiger partial charge < -0.3 is 5.32 Å². The van der Waals surface area contributed by atoms with Gasteiger partial charge in [0.05, 0.1) is 10.4 Å². The molecule has 0 radical (unpaired) electrons. The van der Waals surface area contributed by atoms with Gasteiger partial charge in [-0.25, -0.2) is 9.97 Å². The topological polar surface area (TPSA) is 81.0 Å². The van der Waals surface area contributed by atoms with E-state index in [2.05, 4.69) is 36.1 Å². The van der Waals surface area contributed by atoms with Gasteiger partial charge in [-0.1, -0.05) is 13.3 Å². The van der Waals surface area contributed by atoms with Crippen LogP contribution in [0.2, 0.25) is 0 Å². The second-order valence-electron chi connectivity index (χ2n) is 5.44. The van der Waals surface area contributed by atoms with Crippen molar-refractivity contribution in [1.82, 2.24) is 9.97 Å². The van der Waals surface area contributed by atoms with Crippen molar-refractivity contribution in [2.24, 2.45) is 0 Å². The Kier molecular flexibility index (Phi) is 3.83. The largest absolute Gasteiger partial charge is 0.365 e. The third-order valence-corrected chi connectivity index (χ3v) is 3.16. The van der Waals surface area contributed by atoms with Crippen molar-refractivity contribution in [3.8, 4) is 0 Å². The van der Waals surface area contributed by atoms with E-state index in [4.69, 9.17) is 0 Å². The summed E-state index contributed by atoms with van der Waals surface area (Å²) in [6.45, 7) is 6.29. The zero-order valence-corrected chi connectivity index (χ0v) is 11.9. The average Bonchev–Trinajstić information content (AvgIpc) is 2.38. The Morgan fingerprint density at radius 3 is 2.75 bits per heavy atom. The van der Waals surface area contributed by atoms with E-state index in [-0.39, 0.29) is 11.2 Å². The molecule has 0 aliphatic rings. The van der Waals surface area contributed by atoms with Crippen LogP contribution in [0, 0.1) is 10.1 Å². The summed E-state index contributed by atoms with van der Waals surface area (Å²) in [5, 5.41) is 14.9. The summed E-state index contributed by atoms with van der Waals surface area (Å²) in [4.78, 5) is 18.9. The van der Waals surface area contributed by atoms with E-state index in [9.17, 15) is 10.1 Å². The van der Waals surface area contributed by atoms with E-state index in [0.29, 0.717) is 16.7 Å². The smallest absolute Gasteiger partial charge is 0.270 e. The van der Waals surface area contributed by atoms with Gasteiger partial charge >= 0.3 is 0 Å². The van der Waals surface area contributed by atoms with Gasteiger partial charge in [0, 0.05) is 23.1 Å². The molecule has 0 saturated heterocycles. The molecule has 0 fully saturated rings. The molecule has 1 aromatic carbocycles. The second kappa shape index (κ2) is 5.40. The molecule has 0 aliphatic carbocycles. The Balaban J connectivity index is 2.47. The maximum atomic E-state index is 10.9. The number of hydrogen-bond acceptors (Lipinski definition) is 5. The van der Waals surface area contributed by atoms with Gasteiger partial charge in [0.2, 0.25) is 0 Å². The molecule has 0 amide bonds. The Bertz CT molecular complexity index is 640. The number of rotatable bonds is 5. The lowest BCUT2D eigenvalue weighted by molar-refractivity contribution is -0.384. The van der Waals surface area contributed by atoms with Crippen LogP contribution in [0.15, 0.2) is 24.5 Å². The lowest BCUT2D eigenvalue weighted by atomic mass is 9.99. The molecule has 0 aliphatic heterocycles. The van der Waals surface area contributed by atoms with Crippen molar-refractivity contribution in [1.29, 1.82) is 0 Å². The summed E-state index contributed by atoms with van der Waals surface area (Å²) in [7, 11) is 0. The van der Waals surface area contributed by atoms with Gasteiger partial charge in [-0.2, -0.15) is 0 Å². The Morgan fingerprint density at radius 1 is 1.35 bits per heavy atom. The van der Waals surface area contributed by atoms with Crippen LogP contribution in [0.3, 0.4) is 0 Å². The molecule has 0 spiro atoms. The standard InChI is InChI=1S/C14H18N4O2/c1-4-7-14(2,3)17-13-11-8-10(18(19)20)5-6-12(11)15-9-16-13/h5-6,8-9H,4,7H2,1-3H3,(H,15,16,17). The molecule has 1 aromatic heterocycles. The van der Waals surface area contributed by atoms with Crippen LogP contribution >= 0.6 is 0 Å². The third kappa shape index (κ3) is 3.01. The first-order valence-corrected chi connectivity index (χ1v) is 6.60. The zero-order chi connectivity index (χ0) is 14.8. The lowest BCUT2D eigenvalue weighted by Gasteiger charge is -2.26. The minimum atomic E-state index is -0.409. The number of fused-ring (bicyclic) bond motifs is 1. The summed E-state index contributed by atoms with van der Waals surface area (Å²) >= 11 is 0. The van der Waals surface area contributed by atoms with Gasteiger partial charge in [-0.15, -0.1) is 0 Å². The highest BCUT2D eigenvalue weighted by Crippen LogP contribution is 2.27. The van der Waals surface area contributed by atoms with Crippen LogP contribution in [0.1, 0.15) is 33.6 Å². The van der Waals surface area contributed by atoms with E-state index < -0.39 is 4.92 Å². The number of hydrogen-bond donors (Lipinski definition) is 1. The Morgan fingerprint density at radius 2 is 2.10 bits per heavy atom. The van der Waals surface area contributed by atoms with Gasteiger partial charge in [0.15, 0.2) is 0 Å². The summed E-state index contributed by atoms with van der Waals surface area (Å²) in [6.07, 6.45) is 3.50. The Hall–Kier alpha value is -2.24. The van der Waals surface area contributed by atoms with Crippen molar-refractivity contribution in [2.75, 3.05) is 5.32 Å². The number of nitro benzene ring substituents is 1. The number of aromatic nitrogens is 2. The summed E-state index contributed by atoms with van der Waals surface area (Å²) in [6, 6.07) is 4.61. The normalized spacial score (nSPS) is 11.6. The zero-order valence-electron chi connectivity index (χ0n) is 11.9. The quantitative estimate of drug-likeness (QED) is 0.666. The van der Waals surface area contributed by atoms with Crippen LogP contribution in [0.4, 0.5) is 11.5 Å². The predicted octanol–water partition coefficient (Wildman–Crippen LogP) is 3.53. The minimum Gasteiger partial charge on any atom is -0.365 e. The number of benzene rings is 1. The molecule has 6 nitrogen and oxygen atoms in total. The molecule has 2 rings (SSSR count). The van der Waals surface area contributed by atoms with Crippen molar-refractivity contribution in [2.45, 2.75) is 39.2 Å². The van der Waals surface area contributed by atoms with Crippen LogP contribution in [0.5, 0.6) is 0 Å². The highest BCUT2D eigenvalue weighted by atomic mass is 16.6. The number of nitro groups is 1. The second-order valence-corrected chi connectivity index (χ2v) is 5.44. The molecule has 6 heteroatoms. The number of anilines is 1. The summed E-state index contributed by atoms with van der Waals surface area (Å²) in [5.41, 5.74) is 0.616. The number of nitrogens with one attached hydrogen (secondary N) is 1. The SMILES string of the molecule is CCCC(C)(C)Nc1ncnc2ccc([N+](=O)[O-])cc12. The maximum Gasteiger partial charge on any atom is 0.270 e. The first-order chi connectivity index (χ1) is 9.43. The predicted molar refractivity (Wildman–Crippen MR) is 78.8 cm³/mol. The molecule has 0 unspecified atom stereocenters. The van der Waals surface area contributed by atoms with Crippen LogP contribution in [-0.4, -0.2) is 20.4 Å². The molecule has 1 heterocycles. The van der Waals surface area contributed by atoms with Crippen LogP contribution in [-0.2, 0) is 0 Å². The van der Waals surface area contributed by atoms with E-state index in [1.807, 2.05) is 0 Å². The average molecular weight is 274 g/mol. The third-order valence-electron chi connectivity index (χ3n) is 3.16. The monoisotopic (exact) mass is 274 g/mol. The molecule has 2 aromatic rings. The highest BCUT2D eigenvalue weighted by Gasteiger charge is 2.19. The van der Waals surface area contributed by atoms with Crippen LogP contribution < -0.4 is 5.32 Å². The van der Waals surface area contributed by atoms with Gasteiger partial charge in [0.25, 0.3) is 5.69 Å². The van der Waals surface area contributed by atoms with Gasteiger partial charge in [0.1, 0.15) is 12.1 Å². The van der Waals surface area contributed by atoms with E-state index in [1.54, 1.807) is 6.07 Å². The summed E-state index contributed by atoms with van der Waals surface area (Å²) in [5.74, 6) is 0.636. The molecule has 1 N–H and O–H groups in total.